The average molecular weight is 307 g/mol. The lowest BCUT2D eigenvalue weighted by Crippen LogP contribution is -3.00. The highest BCUT2D eigenvalue weighted by Crippen LogP contribution is 1.70. The molecule has 2 aromatic carbocycles. The molecule has 0 atom stereocenters. The predicted molar refractivity (Wildman–Crippen MR) is 73.1 cm³/mol. The summed E-state index contributed by atoms with van der Waals surface area (Å²) >= 11 is 0. The topological polar surface area (TPSA) is 33.2 Å². The van der Waals surface area contributed by atoms with Gasteiger partial charge in [0.1, 0.15) is 24.8 Å². The molecule has 0 amide bonds. The van der Waals surface area contributed by atoms with Gasteiger partial charge >= 0.3 is 0 Å². The Morgan fingerprint density at radius 3 is 0.950 bits per heavy atom. The largest absolute Gasteiger partial charge is 1.00 e. The van der Waals surface area contributed by atoms with E-state index in [0.29, 0.717) is 0 Å². The molecule has 4 heteroatoms. The quantitative estimate of drug-likeness (QED) is 0.485. The molecule has 4 N–H and O–H groups in total. The van der Waals surface area contributed by atoms with Gasteiger partial charge in [-0.2, -0.15) is 0 Å². The average Bonchev–Trinajstić information content (AvgIpc) is 3.08. The molecule has 0 fully saturated rings. The molecule has 2 aliphatic heterocycles. The van der Waals surface area contributed by atoms with Crippen LogP contribution < -0.4 is 56.3 Å². The van der Waals surface area contributed by atoms with E-state index >= 15 is 0 Å². The Bertz CT molecular complexity index is 662. The van der Waals surface area contributed by atoms with Gasteiger partial charge in [0, 0.05) is 20.9 Å². The van der Waals surface area contributed by atoms with Crippen LogP contribution in [0.5, 0.6) is 0 Å². The first-order valence-corrected chi connectivity index (χ1v) is 6.14. The molecule has 2 aromatic rings. The van der Waals surface area contributed by atoms with Gasteiger partial charge in [-0.05, 0) is 24.3 Å². The lowest BCUT2D eigenvalue weighted by Gasteiger charge is -1.75. The molecule has 0 saturated carbocycles. The summed E-state index contributed by atoms with van der Waals surface area (Å²) in [5, 5.41) is 9.47. The first kappa shape index (κ1) is 16.5. The maximum absolute atomic E-state index is 2.12. The molecule has 0 unspecified atom stereocenters. The van der Waals surface area contributed by atoms with Crippen LogP contribution in [0.15, 0.2) is 48.5 Å². The third-order valence-electron chi connectivity index (χ3n) is 3.10. The van der Waals surface area contributed by atoms with E-state index in [9.17, 15) is 0 Å². The van der Waals surface area contributed by atoms with Gasteiger partial charge in [-0.25, -0.2) is 0 Å². The molecule has 0 saturated heterocycles. The fraction of sp³-hybridized carbons (Fsp3) is 0. The van der Waals surface area contributed by atoms with Crippen LogP contribution in [0.4, 0.5) is 0 Å². The van der Waals surface area contributed by atoms with Crippen LogP contribution in [0.1, 0.15) is 0 Å². The van der Waals surface area contributed by atoms with Crippen molar-refractivity contribution in [2.75, 3.05) is 0 Å². The Morgan fingerprint density at radius 2 is 0.700 bits per heavy atom. The molecule has 0 bridgehead atoms. The Hall–Kier alpha value is -1.58. The maximum Gasteiger partial charge on any atom is 0.105 e. The maximum atomic E-state index is 2.12. The summed E-state index contributed by atoms with van der Waals surface area (Å²) in [5.41, 5.74) is 0. The molecule has 4 rings (SSSR count). The summed E-state index contributed by atoms with van der Waals surface area (Å²) < 4.78 is 0. The normalized spacial score (nSPS) is 12.4. The summed E-state index contributed by atoms with van der Waals surface area (Å²) in [7, 11) is 0. The standard InChI is InChI=1S/2C8H7N.2ClH/c2*1-2-4-8-6-9-5-7(8)3-1;;/h2*1-6,9H;2*1H. The van der Waals surface area contributed by atoms with E-state index in [-0.39, 0.29) is 24.8 Å². The number of benzene rings is 2. The van der Waals surface area contributed by atoms with Gasteiger partial charge in [0.2, 0.25) is 0 Å². The third kappa shape index (κ3) is 3.71. The summed E-state index contributed by atoms with van der Waals surface area (Å²) in [4.78, 5) is 0. The zero-order valence-electron chi connectivity index (χ0n) is 10.8. The van der Waals surface area contributed by atoms with Crippen LogP contribution in [0, 0.1) is 0 Å². The van der Waals surface area contributed by atoms with Crippen molar-refractivity contribution in [1.29, 1.82) is 0 Å². The molecule has 104 valence electrons. The Labute approximate surface area is 130 Å². The minimum Gasteiger partial charge on any atom is -1.00 e. The number of rotatable bonds is 0. The molecular formula is C16H16Cl2N2. The Morgan fingerprint density at radius 1 is 0.450 bits per heavy atom. The summed E-state index contributed by atoms with van der Waals surface area (Å²) in [5.74, 6) is 0. The SMILES string of the molecule is C1=c2ccccc2=C[NH2+]1.C1=c2ccccc2=C[NH2+]1.[Cl-].[Cl-]. The Balaban J connectivity index is 0.000000182. The summed E-state index contributed by atoms with van der Waals surface area (Å²) in [6.45, 7) is 0. The van der Waals surface area contributed by atoms with E-state index in [0.717, 1.165) is 0 Å². The van der Waals surface area contributed by atoms with Crippen molar-refractivity contribution < 1.29 is 35.4 Å². The minimum absolute atomic E-state index is 0. The fourth-order valence-electron chi connectivity index (χ4n) is 2.14. The van der Waals surface area contributed by atoms with Crippen molar-refractivity contribution in [3.63, 3.8) is 0 Å². The van der Waals surface area contributed by atoms with Crippen LogP contribution in [-0.2, 0) is 0 Å². The highest BCUT2D eigenvalue weighted by atomic mass is 35.5. The highest BCUT2D eigenvalue weighted by Gasteiger charge is 1.92. The summed E-state index contributed by atoms with van der Waals surface area (Å²) in [6.07, 6.45) is 8.48. The van der Waals surface area contributed by atoms with Crippen molar-refractivity contribution in [3.8, 4) is 0 Å². The van der Waals surface area contributed by atoms with Crippen molar-refractivity contribution in [3.05, 3.63) is 69.4 Å². The fourth-order valence-corrected chi connectivity index (χ4v) is 2.14. The van der Waals surface area contributed by atoms with Gasteiger partial charge in [-0.15, -0.1) is 0 Å². The molecule has 2 nitrogen and oxygen atoms in total. The van der Waals surface area contributed by atoms with Crippen molar-refractivity contribution >= 4 is 24.8 Å². The number of quaternary nitrogens is 2. The van der Waals surface area contributed by atoms with Gasteiger partial charge in [-0.3, -0.25) is 10.6 Å². The number of hydrogen-bond acceptors (Lipinski definition) is 0. The van der Waals surface area contributed by atoms with Crippen molar-refractivity contribution in [1.82, 2.24) is 0 Å². The van der Waals surface area contributed by atoms with Gasteiger partial charge < -0.3 is 24.8 Å². The zero-order valence-corrected chi connectivity index (χ0v) is 12.4. The molecule has 0 aliphatic carbocycles. The molecule has 0 spiro atoms. The second kappa shape index (κ2) is 7.88. The van der Waals surface area contributed by atoms with Gasteiger partial charge in [-0.1, -0.05) is 24.3 Å². The third-order valence-corrected chi connectivity index (χ3v) is 3.10. The van der Waals surface area contributed by atoms with Crippen LogP contribution in [0.3, 0.4) is 0 Å². The molecule has 0 aromatic heterocycles. The van der Waals surface area contributed by atoms with Crippen LogP contribution in [0.2, 0.25) is 0 Å². The van der Waals surface area contributed by atoms with Crippen LogP contribution >= 0.6 is 0 Å². The predicted octanol–water partition coefficient (Wildman–Crippen LogP) is -8.51. The molecule has 20 heavy (non-hydrogen) atoms. The number of halogens is 2. The van der Waals surface area contributed by atoms with Crippen molar-refractivity contribution in [2.45, 2.75) is 0 Å². The number of nitrogens with two attached hydrogens (primary N) is 2. The number of hydrogen-bond donors (Lipinski definition) is 2. The zero-order chi connectivity index (χ0) is 12.2. The monoisotopic (exact) mass is 306 g/mol. The van der Waals surface area contributed by atoms with E-state index in [4.69, 9.17) is 0 Å². The Kier molecular flexibility index (Phi) is 6.49. The second-order valence-corrected chi connectivity index (χ2v) is 4.31. The second-order valence-electron chi connectivity index (χ2n) is 4.31. The van der Waals surface area contributed by atoms with Crippen molar-refractivity contribution in [2.24, 2.45) is 0 Å². The van der Waals surface area contributed by atoms with E-state index in [2.05, 4.69) is 84.0 Å². The van der Waals surface area contributed by atoms with E-state index in [1.807, 2.05) is 0 Å². The summed E-state index contributed by atoms with van der Waals surface area (Å²) in [6, 6.07) is 16.7. The van der Waals surface area contributed by atoms with Crippen LogP contribution in [-0.4, -0.2) is 0 Å². The van der Waals surface area contributed by atoms with Crippen LogP contribution in [0.25, 0.3) is 24.8 Å². The minimum atomic E-state index is 0. The lowest BCUT2D eigenvalue weighted by atomic mass is 10.3. The van der Waals surface area contributed by atoms with Gasteiger partial charge in [0.25, 0.3) is 0 Å². The molecule has 2 heterocycles. The first-order chi connectivity index (χ1) is 8.93. The van der Waals surface area contributed by atoms with Gasteiger partial charge in [0.15, 0.2) is 0 Å². The first-order valence-electron chi connectivity index (χ1n) is 6.14. The highest BCUT2D eigenvalue weighted by molar-refractivity contribution is 5.30. The smallest absolute Gasteiger partial charge is 0.105 e. The van der Waals surface area contributed by atoms with E-state index < -0.39 is 0 Å². The molecular weight excluding hydrogens is 291 g/mol. The van der Waals surface area contributed by atoms with Gasteiger partial charge in [0.05, 0.1) is 0 Å². The van der Waals surface area contributed by atoms with E-state index in [1.165, 1.54) is 20.9 Å². The number of fused-ring (bicyclic) bond motifs is 2. The van der Waals surface area contributed by atoms with E-state index in [1.54, 1.807) is 0 Å². The molecule has 2 aliphatic rings. The molecule has 0 radical (unpaired) electrons. The lowest BCUT2D eigenvalue weighted by molar-refractivity contribution is -0.433.